The second-order valence-corrected chi connectivity index (χ2v) is 7.09. The lowest BCUT2D eigenvalue weighted by Crippen LogP contribution is -2.27. The summed E-state index contributed by atoms with van der Waals surface area (Å²) in [7, 11) is 0. The van der Waals surface area contributed by atoms with E-state index in [-0.39, 0.29) is 28.7 Å². The number of fused-ring (bicyclic) bond motifs is 1. The minimum absolute atomic E-state index is 0.0817. The van der Waals surface area contributed by atoms with Gasteiger partial charge in [0.15, 0.2) is 5.75 Å². The van der Waals surface area contributed by atoms with Gasteiger partial charge in [-0.15, -0.1) is 0 Å². The van der Waals surface area contributed by atoms with Crippen molar-refractivity contribution in [2.45, 2.75) is 12.8 Å². The summed E-state index contributed by atoms with van der Waals surface area (Å²) >= 11 is 11.8. The van der Waals surface area contributed by atoms with E-state index < -0.39 is 22.1 Å². The van der Waals surface area contributed by atoms with Crippen LogP contribution >= 0.6 is 23.2 Å². The van der Waals surface area contributed by atoms with Crippen LogP contribution in [0.3, 0.4) is 0 Å². The Morgan fingerprint density at radius 3 is 2.62 bits per heavy atom. The van der Waals surface area contributed by atoms with E-state index in [9.17, 15) is 24.8 Å². The first kappa shape index (κ1) is 20.6. The van der Waals surface area contributed by atoms with Gasteiger partial charge in [0.2, 0.25) is 0 Å². The molecule has 3 rings (SSSR count). The Labute approximate surface area is 174 Å². The topological polar surface area (TPSA) is 125 Å². The number of carbonyl (C=O) groups excluding carboxylic acids is 1. The van der Waals surface area contributed by atoms with Gasteiger partial charge in [-0.2, -0.15) is 0 Å². The van der Waals surface area contributed by atoms with E-state index in [0.29, 0.717) is 22.9 Å². The van der Waals surface area contributed by atoms with Crippen LogP contribution in [0.4, 0.5) is 5.69 Å². The van der Waals surface area contributed by atoms with Crippen LogP contribution in [0.5, 0.6) is 5.75 Å². The van der Waals surface area contributed by atoms with Crippen molar-refractivity contribution in [3.8, 4) is 5.75 Å². The Kier molecular flexibility index (Phi) is 6.05. The van der Waals surface area contributed by atoms with Crippen molar-refractivity contribution in [2.75, 3.05) is 6.54 Å². The number of H-pyrrole nitrogens is 1. The number of aryl methyl sites for hydroxylation is 1. The molecule has 0 saturated heterocycles. The van der Waals surface area contributed by atoms with Crippen LogP contribution in [0, 0.1) is 10.1 Å². The minimum Gasteiger partial charge on any atom is -0.502 e. The molecule has 8 nitrogen and oxygen atoms in total. The maximum Gasteiger partial charge on any atom is 0.291 e. The van der Waals surface area contributed by atoms with E-state index in [1.54, 1.807) is 12.1 Å². The molecule has 0 radical (unpaired) electrons. The number of rotatable bonds is 6. The number of benzene rings is 2. The molecule has 0 unspecified atom stereocenters. The predicted octanol–water partition coefficient (Wildman–Crippen LogP) is 3.81. The van der Waals surface area contributed by atoms with E-state index in [1.807, 2.05) is 6.07 Å². The number of nitro benzene ring substituents is 1. The number of pyridine rings is 1. The number of hydrogen-bond acceptors (Lipinski definition) is 5. The SMILES string of the molecule is O=C(NCCCc1ccc(Cl)c(Cl)c1)c1c(O)c(=O)[nH]c2ccc([N+](=O)[O-])cc12. The average molecular weight is 436 g/mol. The maximum atomic E-state index is 12.6. The summed E-state index contributed by atoms with van der Waals surface area (Å²) in [4.78, 5) is 37.3. The van der Waals surface area contributed by atoms with Gasteiger partial charge in [0.25, 0.3) is 17.2 Å². The van der Waals surface area contributed by atoms with Crippen molar-refractivity contribution in [1.29, 1.82) is 0 Å². The standard InChI is InChI=1S/C19H15Cl2N3O5/c20-13-5-3-10(8-14(13)21)2-1-7-22-18(26)16-12-9-11(24(28)29)4-6-15(12)23-19(27)17(16)25/h3-6,8-9,25H,1-2,7H2,(H,22,26)(H,23,27). The summed E-state index contributed by atoms with van der Waals surface area (Å²) in [5.41, 5.74) is -0.278. The number of carbonyl (C=O) groups is 1. The number of nitrogens with zero attached hydrogens (tertiary/aromatic N) is 1. The molecular formula is C19H15Cl2N3O5. The van der Waals surface area contributed by atoms with E-state index in [2.05, 4.69) is 10.3 Å². The van der Waals surface area contributed by atoms with Gasteiger partial charge in [-0.3, -0.25) is 19.7 Å². The van der Waals surface area contributed by atoms with Crippen LogP contribution < -0.4 is 10.9 Å². The largest absolute Gasteiger partial charge is 0.502 e. The Morgan fingerprint density at radius 2 is 1.93 bits per heavy atom. The van der Waals surface area contributed by atoms with Crippen molar-refractivity contribution < 1.29 is 14.8 Å². The predicted molar refractivity (Wildman–Crippen MR) is 110 cm³/mol. The van der Waals surface area contributed by atoms with Gasteiger partial charge in [-0.05, 0) is 36.6 Å². The molecule has 150 valence electrons. The zero-order valence-corrected chi connectivity index (χ0v) is 16.4. The summed E-state index contributed by atoms with van der Waals surface area (Å²) in [6.07, 6.45) is 1.18. The van der Waals surface area contributed by atoms with Gasteiger partial charge in [-0.25, -0.2) is 0 Å². The maximum absolute atomic E-state index is 12.6. The molecule has 0 atom stereocenters. The summed E-state index contributed by atoms with van der Waals surface area (Å²) in [5, 5.41) is 24.7. The van der Waals surface area contributed by atoms with Crippen molar-refractivity contribution in [3.05, 3.63) is 78.0 Å². The highest BCUT2D eigenvalue weighted by Gasteiger charge is 2.20. The van der Waals surface area contributed by atoms with E-state index in [0.717, 1.165) is 11.6 Å². The van der Waals surface area contributed by atoms with Gasteiger partial charge in [0.1, 0.15) is 0 Å². The summed E-state index contributed by atoms with van der Waals surface area (Å²) in [6.45, 7) is 0.252. The van der Waals surface area contributed by atoms with Crippen LogP contribution in [0.25, 0.3) is 10.9 Å². The number of non-ortho nitro benzene ring substituents is 1. The zero-order chi connectivity index (χ0) is 21.1. The summed E-state index contributed by atoms with van der Waals surface area (Å²) in [5.74, 6) is -1.49. The molecule has 0 aliphatic carbocycles. The molecule has 2 aromatic carbocycles. The molecule has 3 N–H and O–H groups in total. The third-order valence-electron chi connectivity index (χ3n) is 4.32. The van der Waals surface area contributed by atoms with Crippen molar-refractivity contribution in [2.24, 2.45) is 0 Å². The molecule has 0 spiro atoms. The number of halogens is 2. The molecule has 1 amide bonds. The second kappa shape index (κ2) is 8.50. The van der Waals surface area contributed by atoms with Crippen LogP contribution in [-0.4, -0.2) is 27.5 Å². The summed E-state index contributed by atoms with van der Waals surface area (Å²) < 4.78 is 0. The molecule has 10 heteroatoms. The quantitative estimate of drug-likeness (QED) is 0.308. The third kappa shape index (κ3) is 4.49. The lowest BCUT2D eigenvalue weighted by molar-refractivity contribution is -0.384. The van der Waals surface area contributed by atoms with E-state index >= 15 is 0 Å². The molecule has 1 heterocycles. The molecule has 1 aromatic heterocycles. The first-order chi connectivity index (χ1) is 13.8. The third-order valence-corrected chi connectivity index (χ3v) is 5.06. The molecular weight excluding hydrogens is 421 g/mol. The molecule has 29 heavy (non-hydrogen) atoms. The Bertz CT molecular complexity index is 1180. The minimum atomic E-state index is -0.854. The van der Waals surface area contributed by atoms with Crippen LogP contribution in [-0.2, 0) is 6.42 Å². The molecule has 0 bridgehead atoms. The van der Waals surface area contributed by atoms with Crippen molar-refractivity contribution >= 4 is 45.7 Å². The fourth-order valence-corrected chi connectivity index (χ4v) is 3.21. The summed E-state index contributed by atoms with van der Waals surface area (Å²) in [6, 6.07) is 8.90. The second-order valence-electron chi connectivity index (χ2n) is 6.27. The number of amides is 1. The van der Waals surface area contributed by atoms with Gasteiger partial charge in [0, 0.05) is 29.6 Å². The average Bonchev–Trinajstić information content (AvgIpc) is 2.68. The van der Waals surface area contributed by atoms with Gasteiger partial charge >= 0.3 is 0 Å². The molecule has 0 aliphatic heterocycles. The normalized spacial score (nSPS) is 10.8. The Morgan fingerprint density at radius 1 is 1.17 bits per heavy atom. The van der Waals surface area contributed by atoms with Gasteiger partial charge in [0.05, 0.1) is 20.5 Å². The molecule has 3 aromatic rings. The number of hydrogen-bond donors (Lipinski definition) is 3. The Hall–Kier alpha value is -3.10. The smallest absolute Gasteiger partial charge is 0.291 e. The first-order valence-corrected chi connectivity index (χ1v) is 9.29. The van der Waals surface area contributed by atoms with E-state index in [4.69, 9.17) is 23.2 Å². The monoisotopic (exact) mass is 435 g/mol. The van der Waals surface area contributed by atoms with Crippen molar-refractivity contribution in [1.82, 2.24) is 10.3 Å². The van der Waals surface area contributed by atoms with Crippen LogP contribution in [0.15, 0.2) is 41.2 Å². The van der Waals surface area contributed by atoms with Gasteiger partial charge in [-0.1, -0.05) is 29.3 Å². The lowest BCUT2D eigenvalue weighted by Gasteiger charge is -2.10. The lowest BCUT2D eigenvalue weighted by atomic mass is 10.1. The van der Waals surface area contributed by atoms with Gasteiger partial charge < -0.3 is 15.4 Å². The molecule has 0 saturated carbocycles. The number of nitrogens with one attached hydrogen (secondary N) is 2. The van der Waals surface area contributed by atoms with Crippen molar-refractivity contribution in [3.63, 3.8) is 0 Å². The van der Waals surface area contributed by atoms with Crippen LogP contribution in [0.2, 0.25) is 10.0 Å². The van der Waals surface area contributed by atoms with E-state index in [1.165, 1.54) is 12.1 Å². The fourth-order valence-electron chi connectivity index (χ4n) is 2.89. The Balaban J connectivity index is 1.78. The highest BCUT2D eigenvalue weighted by Crippen LogP contribution is 2.26. The first-order valence-electron chi connectivity index (χ1n) is 8.53. The number of nitro groups is 1. The number of aromatic hydroxyl groups is 1. The fraction of sp³-hybridized carbons (Fsp3) is 0.158. The highest BCUT2D eigenvalue weighted by molar-refractivity contribution is 6.42. The number of aromatic nitrogens is 1. The highest BCUT2D eigenvalue weighted by atomic mass is 35.5. The zero-order valence-electron chi connectivity index (χ0n) is 14.9. The van der Waals surface area contributed by atoms with Crippen LogP contribution in [0.1, 0.15) is 22.3 Å². The number of aromatic amines is 1. The molecule has 0 aliphatic rings. The molecule has 0 fully saturated rings.